The van der Waals surface area contributed by atoms with Crippen molar-refractivity contribution in [3.8, 4) is 0 Å². The number of benzene rings is 1. The number of fused-ring (bicyclic) bond motifs is 1. The van der Waals surface area contributed by atoms with Gasteiger partial charge in [0.1, 0.15) is 0 Å². The second-order valence-corrected chi connectivity index (χ2v) is 6.72. The summed E-state index contributed by atoms with van der Waals surface area (Å²) < 4.78 is 23.1. The minimum absolute atomic E-state index is 0.113. The van der Waals surface area contributed by atoms with Crippen molar-refractivity contribution in [2.24, 2.45) is 0 Å². The highest BCUT2D eigenvalue weighted by molar-refractivity contribution is 7.53. The third-order valence-corrected chi connectivity index (χ3v) is 5.08. The van der Waals surface area contributed by atoms with E-state index < -0.39 is 13.6 Å². The molecule has 0 fully saturated rings. The molecule has 0 aliphatic carbocycles. The van der Waals surface area contributed by atoms with Gasteiger partial charge in [-0.3, -0.25) is 9.55 Å². The first-order chi connectivity index (χ1) is 10.5. The second-order valence-electron chi connectivity index (χ2n) is 4.66. The summed E-state index contributed by atoms with van der Waals surface area (Å²) in [5.74, 6) is -1.03. The van der Waals surface area contributed by atoms with Crippen LogP contribution in [0.5, 0.6) is 0 Å². The third kappa shape index (κ3) is 3.91. The smallest absolute Gasteiger partial charge is 0.337 e. The van der Waals surface area contributed by atoms with Crippen LogP contribution in [0.25, 0.3) is 10.9 Å². The van der Waals surface area contributed by atoms with Crippen LogP contribution in [0.1, 0.15) is 29.8 Å². The first kappa shape index (κ1) is 16.6. The van der Waals surface area contributed by atoms with Crippen LogP contribution in [0.2, 0.25) is 0 Å². The minimum Gasteiger partial charge on any atom is -0.478 e. The van der Waals surface area contributed by atoms with Crippen LogP contribution in [0.4, 0.5) is 0 Å². The van der Waals surface area contributed by atoms with Gasteiger partial charge < -0.3 is 14.2 Å². The van der Waals surface area contributed by atoms with E-state index in [1.54, 1.807) is 38.1 Å². The van der Waals surface area contributed by atoms with E-state index in [1.165, 1.54) is 6.20 Å². The van der Waals surface area contributed by atoms with Gasteiger partial charge in [0.15, 0.2) is 0 Å². The van der Waals surface area contributed by atoms with Gasteiger partial charge in [-0.2, -0.15) is 0 Å². The Balaban J connectivity index is 2.35. The van der Waals surface area contributed by atoms with E-state index in [9.17, 15) is 9.36 Å². The molecule has 22 heavy (non-hydrogen) atoms. The summed E-state index contributed by atoms with van der Waals surface area (Å²) >= 11 is 0. The molecule has 0 saturated carbocycles. The van der Waals surface area contributed by atoms with Crippen molar-refractivity contribution in [3.05, 3.63) is 41.6 Å². The van der Waals surface area contributed by atoms with Crippen molar-refractivity contribution in [3.63, 3.8) is 0 Å². The summed E-state index contributed by atoms with van der Waals surface area (Å²) in [5.41, 5.74) is 1.54. The lowest BCUT2D eigenvalue weighted by molar-refractivity contribution is 0.0696. The predicted molar refractivity (Wildman–Crippen MR) is 83.3 cm³/mol. The molecule has 0 aliphatic rings. The highest BCUT2D eigenvalue weighted by Gasteiger charge is 2.24. The Kier molecular flexibility index (Phi) is 5.29. The second kappa shape index (κ2) is 7.01. The lowest BCUT2D eigenvalue weighted by atomic mass is 10.1. The maximum absolute atomic E-state index is 12.5. The minimum atomic E-state index is -3.19. The van der Waals surface area contributed by atoms with E-state index in [0.717, 1.165) is 5.56 Å². The van der Waals surface area contributed by atoms with Crippen molar-refractivity contribution < 1.29 is 23.5 Å². The fourth-order valence-corrected chi connectivity index (χ4v) is 3.83. The van der Waals surface area contributed by atoms with Crippen LogP contribution in [0.15, 0.2) is 30.5 Å². The summed E-state index contributed by atoms with van der Waals surface area (Å²) in [7, 11) is -3.19. The molecule has 7 heteroatoms. The number of aromatic carboxylic acids is 1. The molecule has 0 aliphatic heterocycles. The van der Waals surface area contributed by atoms with E-state index in [4.69, 9.17) is 14.2 Å². The molecule has 118 valence electrons. The van der Waals surface area contributed by atoms with Gasteiger partial charge in [-0.15, -0.1) is 0 Å². The molecule has 6 nitrogen and oxygen atoms in total. The Labute approximate surface area is 128 Å². The first-order valence-corrected chi connectivity index (χ1v) is 8.70. The molecular weight excluding hydrogens is 305 g/mol. The SMILES string of the molecule is CCOP(=O)(Cc1ccc2ncc(C(=O)O)cc2c1)OCC. The molecule has 0 spiro atoms. The maximum atomic E-state index is 12.5. The van der Waals surface area contributed by atoms with E-state index in [-0.39, 0.29) is 11.7 Å². The van der Waals surface area contributed by atoms with Crippen LogP contribution in [-0.2, 0) is 19.8 Å². The average molecular weight is 323 g/mol. The molecular formula is C15H18NO5P. The lowest BCUT2D eigenvalue weighted by Gasteiger charge is -2.17. The van der Waals surface area contributed by atoms with Crippen LogP contribution in [0.3, 0.4) is 0 Å². The maximum Gasteiger partial charge on any atom is 0.337 e. The number of carboxylic acids is 1. The van der Waals surface area contributed by atoms with Crippen LogP contribution < -0.4 is 0 Å². The monoisotopic (exact) mass is 323 g/mol. The van der Waals surface area contributed by atoms with Crippen LogP contribution >= 0.6 is 7.60 Å². The van der Waals surface area contributed by atoms with Crippen molar-refractivity contribution in [1.29, 1.82) is 0 Å². The van der Waals surface area contributed by atoms with Gasteiger partial charge >= 0.3 is 13.6 Å². The van der Waals surface area contributed by atoms with Crippen molar-refractivity contribution in [2.45, 2.75) is 20.0 Å². The molecule has 2 rings (SSSR count). The standard InChI is InChI=1S/C15H18NO5P/c1-3-20-22(19,21-4-2)10-11-5-6-14-12(7-11)8-13(9-16-14)15(17)18/h5-9H,3-4,10H2,1-2H3,(H,17,18). The number of carbonyl (C=O) groups is 1. The third-order valence-electron chi connectivity index (χ3n) is 3.02. The Morgan fingerprint density at radius 1 is 1.23 bits per heavy atom. The number of hydrogen-bond donors (Lipinski definition) is 1. The zero-order valence-electron chi connectivity index (χ0n) is 12.5. The Bertz CT molecular complexity index is 721. The highest BCUT2D eigenvalue weighted by atomic mass is 31.2. The van der Waals surface area contributed by atoms with E-state index >= 15 is 0 Å². The fraction of sp³-hybridized carbons (Fsp3) is 0.333. The Morgan fingerprint density at radius 2 is 1.91 bits per heavy atom. The summed E-state index contributed by atoms with van der Waals surface area (Å²) in [6.07, 6.45) is 1.46. The molecule has 2 aromatic rings. The molecule has 0 bridgehead atoms. The molecule has 0 radical (unpaired) electrons. The normalized spacial score (nSPS) is 11.7. The molecule has 1 N–H and O–H groups in total. The largest absolute Gasteiger partial charge is 0.478 e. The quantitative estimate of drug-likeness (QED) is 0.782. The van der Waals surface area contributed by atoms with Crippen molar-refractivity contribution in [1.82, 2.24) is 4.98 Å². The van der Waals surface area contributed by atoms with Crippen molar-refractivity contribution >= 4 is 24.5 Å². The molecule has 0 amide bonds. The van der Waals surface area contributed by atoms with Gasteiger partial charge in [0.25, 0.3) is 0 Å². The van der Waals surface area contributed by atoms with Crippen LogP contribution in [0, 0.1) is 0 Å². The van der Waals surface area contributed by atoms with Crippen LogP contribution in [-0.4, -0.2) is 29.3 Å². The number of aromatic nitrogens is 1. The van der Waals surface area contributed by atoms with E-state index in [1.807, 2.05) is 0 Å². The molecule has 1 aromatic heterocycles. The van der Waals surface area contributed by atoms with Gasteiger partial charge in [0.05, 0.1) is 30.5 Å². The Morgan fingerprint density at radius 3 is 2.50 bits per heavy atom. The Hall–Kier alpha value is -1.75. The number of pyridine rings is 1. The molecule has 1 aromatic carbocycles. The molecule has 0 atom stereocenters. The van der Waals surface area contributed by atoms with Gasteiger partial charge in [-0.25, -0.2) is 4.79 Å². The van der Waals surface area contributed by atoms with Gasteiger partial charge in [0.2, 0.25) is 0 Å². The van der Waals surface area contributed by atoms with Gasteiger partial charge in [-0.1, -0.05) is 6.07 Å². The highest BCUT2D eigenvalue weighted by Crippen LogP contribution is 2.51. The van der Waals surface area contributed by atoms with Gasteiger partial charge in [-0.05, 0) is 37.6 Å². The number of hydrogen-bond acceptors (Lipinski definition) is 5. The van der Waals surface area contributed by atoms with Gasteiger partial charge in [0, 0.05) is 11.6 Å². The van der Waals surface area contributed by atoms with Crippen molar-refractivity contribution in [2.75, 3.05) is 13.2 Å². The molecule has 0 unspecified atom stereocenters. The fourth-order valence-electron chi connectivity index (χ4n) is 2.14. The lowest BCUT2D eigenvalue weighted by Crippen LogP contribution is -2.00. The topological polar surface area (TPSA) is 85.7 Å². The predicted octanol–water partition coefficient (Wildman–Crippen LogP) is 3.70. The molecule has 1 heterocycles. The summed E-state index contributed by atoms with van der Waals surface area (Å²) in [6, 6.07) is 6.86. The number of carboxylic acid groups (broad SMARTS) is 1. The zero-order chi connectivity index (χ0) is 16.2. The summed E-state index contributed by atoms with van der Waals surface area (Å²) in [5, 5.41) is 9.69. The molecule has 0 saturated heterocycles. The summed E-state index contributed by atoms with van der Waals surface area (Å²) in [6.45, 7) is 4.12. The summed E-state index contributed by atoms with van der Waals surface area (Å²) in [4.78, 5) is 15.1. The average Bonchev–Trinajstić information content (AvgIpc) is 2.46. The number of nitrogens with zero attached hydrogens (tertiary/aromatic N) is 1. The number of rotatable bonds is 7. The van der Waals surface area contributed by atoms with E-state index in [2.05, 4.69) is 4.98 Å². The zero-order valence-corrected chi connectivity index (χ0v) is 13.4. The first-order valence-electron chi connectivity index (χ1n) is 6.97. The van der Waals surface area contributed by atoms with E-state index in [0.29, 0.717) is 24.1 Å².